The van der Waals surface area contributed by atoms with E-state index in [1.54, 1.807) is 18.2 Å². The fourth-order valence-electron chi connectivity index (χ4n) is 1.78. The van der Waals surface area contributed by atoms with Crippen LogP contribution in [0, 0.1) is 17.5 Å². The molecular formula is C14H9Br2F3. The zero-order valence-corrected chi connectivity index (χ0v) is 12.8. The van der Waals surface area contributed by atoms with Crippen LogP contribution < -0.4 is 0 Å². The summed E-state index contributed by atoms with van der Waals surface area (Å²) in [6.45, 7) is 0. The molecule has 2 rings (SSSR count). The lowest BCUT2D eigenvalue weighted by molar-refractivity contribution is 0.549. The Hall–Kier alpha value is -0.810. The van der Waals surface area contributed by atoms with Gasteiger partial charge in [-0.2, -0.15) is 0 Å². The number of hydrogen-bond donors (Lipinski definition) is 0. The van der Waals surface area contributed by atoms with Gasteiger partial charge < -0.3 is 0 Å². The van der Waals surface area contributed by atoms with Gasteiger partial charge in [-0.15, -0.1) is 0 Å². The van der Waals surface area contributed by atoms with E-state index in [0.29, 0.717) is 10.0 Å². The van der Waals surface area contributed by atoms with Gasteiger partial charge in [0.25, 0.3) is 0 Å². The average Bonchev–Trinajstić information content (AvgIpc) is 2.37. The van der Waals surface area contributed by atoms with Crippen LogP contribution in [0.5, 0.6) is 0 Å². The van der Waals surface area contributed by atoms with Gasteiger partial charge in [-0.1, -0.05) is 34.1 Å². The second kappa shape index (κ2) is 6.09. The predicted molar refractivity (Wildman–Crippen MR) is 75.8 cm³/mol. The fourth-order valence-corrected chi connectivity index (χ4v) is 2.84. The molecule has 0 saturated heterocycles. The van der Waals surface area contributed by atoms with Gasteiger partial charge in [0.15, 0.2) is 0 Å². The Morgan fingerprint density at radius 2 is 1.53 bits per heavy atom. The van der Waals surface area contributed by atoms with Crippen LogP contribution in [0.15, 0.2) is 40.9 Å². The van der Waals surface area contributed by atoms with Crippen LogP contribution >= 0.6 is 31.9 Å². The molecule has 0 amide bonds. The third kappa shape index (κ3) is 3.20. The van der Waals surface area contributed by atoms with Gasteiger partial charge in [-0.3, -0.25) is 0 Å². The number of alkyl halides is 1. The maximum Gasteiger partial charge on any atom is 0.141 e. The minimum absolute atomic E-state index is 0.0336. The number of halogens is 5. The standard InChI is InChI=1S/C14H9Br2F3/c15-10-4-1-3-8(14(10)19)11(16)7-9-12(17)5-2-6-13(9)18/h1-6,11H,7H2. The molecule has 1 unspecified atom stereocenters. The van der Waals surface area contributed by atoms with Crippen molar-refractivity contribution in [2.24, 2.45) is 0 Å². The summed E-state index contributed by atoms with van der Waals surface area (Å²) < 4.78 is 41.3. The molecule has 0 radical (unpaired) electrons. The molecule has 0 aliphatic rings. The zero-order chi connectivity index (χ0) is 14.0. The third-order valence-corrected chi connectivity index (χ3v) is 4.19. The Bertz CT molecular complexity index is 579. The maximum atomic E-state index is 13.9. The minimum Gasteiger partial charge on any atom is -0.207 e. The van der Waals surface area contributed by atoms with Gasteiger partial charge in [0.1, 0.15) is 17.5 Å². The van der Waals surface area contributed by atoms with E-state index in [1.165, 1.54) is 18.2 Å². The van der Waals surface area contributed by atoms with E-state index in [4.69, 9.17) is 0 Å². The second-order valence-corrected chi connectivity index (χ2v) is 5.97. The first-order valence-corrected chi connectivity index (χ1v) is 7.22. The highest BCUT2D eigenvalue weighted by Gasteiger charge is 2.18. The van der Waals surface area contributed by atoms with Gasteiger partial charge in [0.2, 0.25) is 0 Å². The maximum absolute atomic E-state index is 13.9. The molecule has 0 aliphatic carbocycles. The summed E-state index contributed by atoms with van der Waals surface area (Å²) in [5.41, 5.74) is 0.306. The van der Waals surface area contributed by atoms with Gasteiger partial charge >= 0.3 is 0 Å². The molecule has 0 saturated carbocycles. The number of hydrogen-bond acceptors (Lipinski definition) is 0. The van der Waals surface area contributed by atoms with Crippen LogP contribution in [-0.2, 0) is 6.42 Å². The molecule has 100 valence electrons. The van der Waals surface area contributed by atoms with E-state index >= 15 is 0 Å². The molecule has 5 heteroatoms. The molecular weight excluding hydrogens is 385 g/mol. The fraction of sp³-hybridized carbons (Fsp3) is 0.143. The normalized spacial score (nSPS) is 12.5. The van der Waals surface area contributed by atoms with Crippen molar-refractivity contribution in [3.05, 3.63) is 69.4 Å². The summed E-state index contributed by atoms with van der Waals surface area (Å²) in [7, 11) is 0. The molecule has 19 heavy (non-hydrogen) atoms. The molecule has 0 aliphatic heterocycles. The van der Waals surface area contributed by atoms with Crippen LogP contribution in [0.25, 0.3) is 0 Å². The van der Waals surface area contributed by atoms with E-state index in [2.05, 4.69) is 31.9 Å². The van der Waals surface area contributed by atoms with E-state index in [-0.39, 0.29) is 12.0 Å². The van der Waals surface area contributed by atoms with Gasteiger partial charge in [0.05, 0.1) is 4.47 Å². The van der Waals surface area contributed by atoms with E-state index in [0.717, 1.165) is 0 Å². The zero-order valence-electron chi connectivity index (χ0n) is 9.64. The van der Waals surface area contributed by atoms with Crippen LogP contribution in [0.1, 0.15) is 16.0 Å². The third-order valence-electron chi connectivity index (χ3n) is 2.76. The highest BCUT2D eigenvalue weighted by Crippen LogP contribution is 2.33. The van der Waals surface area contributed by atoms with Crippen molar-refractivity contribution in [3.63, 3.8) is 0 Å². The molecule has 0 heterocycles. The first-order chi connectivity index (χ1) is 9.00. The highest BCUT2D eigenvalue weighted by molar-refractivity contribution is 9.10. The Kier molecular flexibility index (Phi) is 4.68. The summed E-state index contributed by atoms with van der Waals surface area (Å²) >= 11 is 6.37. The molecule has 0 bridgehead atoms. The predicted octanol–water partition coefficient (Wildman–Crippen LogP) is 5.55. The van der Waals surface area contributed by atoms with Crippen molar-refractivity contribution in [2.75, 3.05) is 0 Å². The lowest BCUT2D eigenvalue weighted by atomic mass is 10.0. The Balaban J connectivity index is 2.31. The van der Waals surface area contributed by atoms with Crippen molar-refractivity contribution >= 4 is 31.9 Å². The summed E-state index contributed by atoms with van der Waals surface area (Å²) in [5, 5.41) is 0. The van der Waals surface area contributed by atoms with E-state index < -0.39 is 22.3 Å². The number of rotatable bonds is 3. The monoisotopic (exact) mass is 392 g/mol. The Morgan fingerprint density at radius 1 is 0.947 bits per heavy atom. The Labute approximate surface area is 125 Å². The first kappa shape index (κ1) is 14.6. The molecule has 0 fully saturated rings. The lowest BCUT2D eigenvalue weighted by Gasteiger charge is -2.13. The molecule has 0 N–H and O–H groups in total. The largest absolute Gasteiger partial charge is 0.207 e. The van der Waals surface area contributed by atoms with Crippen LogP contribution in [0.3, 0.4) is 0 Å². The van der Waals surface area contributed by atoms with E-state index in [9.17, 15) is 13.2 Å². The minimum atomic E-state index is -0.625. The van der Waals surface area contributed by atoms with Gasteiger partial charge in [0, 0.05) is 16.0 Å². The topological polar surface area (TPSA) is 0 Å². The van der Waals surface area contributed by atoms with Crippen LogP contribution in [0.2, 0.25) is 0 Å². The smallest absolute Gasteiger partial charge is 0.141 e. The molecule has 1 atom stereocenters. The van der Waals surface area contributed by atoms with Crippen LogP contribution in [0.4, 0.5) is 13.2 Å². The van der Waals surface area contributed by atoms with Crippen LogP contribution in [-0.4, -0.2) is 0 Å². The molecule has 0 nitrogen and oxygen atoms in total. The Morgan fingerprint density at radius 3 is 2.16 bits per heavy atom. The van der Waals surface area contributed by atoms with Crippen molar-refractivity contribution in [1.82, 2.24) is 0 Å². The summed E-state index contributed by atoms with van der Waals surface area (Å²) in [6, 6.07) is 8.51. The van der Waals surface area contributed by atoms with E-state index in [1.807, 2.05) is 0 Å². The quantitative estimate of drug-likeness (QED) is 0.600. The summed E-state index contributed by atoms with van der Waals surface area (Å²) in [6.07, 6.45) is 0.0336. The molecule has 0 aromatic heterocycles. The molecule has 2 aromatic carbocycles. The first-order valence-electron chi connectivity index (χ1n) is 5.51. The average molecular weight is 394 g/mol. The summed E-state index contributed by atoms with van der Waals surface area (Å²) in [4.78, 5) is -0.503. The molecule has 2 aromatic rings. The lowest BCUT2D eigenvalue weighted by Crippen LogP contribution is -2.03. The van der Waals surface area contributed by atoms with Crippen molar-refractivity contribution in [1.29, 1.82) is 0 Å². The van der Waals surface area contributed by atoms with Gasteiger partial charge in [-0.25, -0.2) is 13.2 Å². The molecule has 0 spiro atoms. The van der Waals surface area contributed by atoms with Crippen molar-refractivity contribution < 1.29 is 13.2 Å². The number of benzene rings is 2. The van der Waals surface area contributed by atoms with Crippen molar-refractivity contribution in [3.8, 4) is 0 Å². The van der Waals surface area contributed by atoms with Gasteiger partial charge in [-0.05, 0) is 40.5 Å². The highest BCUT2D eigenvalue weighted by atomic mass is 79.9. The second-order valence-electron chi connectivity index (χ2n) is 4.01. The summed E-state index contributed by atoms with van der Waals surface area (Å²) in [5.74, 6) is -1.68. The SMILES string of the molecule is Fc1cccc(F)c1CC(Br)c1cccc(Br)c1F. The van der Waals surface area contributed by atoms with Crippen molar-refractivity contribution in [2.45, 2.75) is 11.2 Å².